The smallest absolute Gasteiger partial charge is 0.257 e. The van der Waals surface area contributed by atoms with E-state index in [0.29, 0.717) is 10.6 Å². The second-order valence-corrected chi connectivity index (χ2v) is 5.75. The first-order valence-corrected chi connectivity index (χ1v) is 7.75. The van der Waals surface area contributed by atoms with Crippen molar-refractivity contribution in [2.45, 2.75) is 6.92 Å². The van der Waals surface area contributed by atoms with Crippen LogP contribution in [0.4, 0.5) is 5.69 Å². The molecule has 114 valence electrons. The van der Waals surface area contributed by atoms with Gasteiger partial charge >= 0.3 is 0 Å². The molecule has 3 heteroatoms. The zero-order valence-electron chi connectivity index (χ0n) is 12.7. The van der Waals surface area contributed by atoms with Gasteiger partial charge in [0.25, 0.3) is 5.91 Å². The monoisotopic (exact) mass is 321 g/mol. The Bertz CT molecular complexity index is 840. The molecule has 0 aromatic heterocycles. The van der Waals surface area contributed by atoms with Crippen molar-refractivity contribution in [3.63, 3.8) is 0 Å². The second-order valence-electron chi connectivity index (χ2n) is 5.35. The van der Waals surface area contributed by atoms with Crippen LogP contribution in [-0.4, -0.2) is 5.91 Å². The Morgan fingerprint density at radius 1 is 0.870 bits per heavy atom. The van der Waals surface area contributed by atoms with Crippen molar-refractivity contribution in [3.05, 3.63) is 88.9 Å². The largest absolute Gasteiger partial charge is 0.321 e. The van der Waals surface area contributed by atoms with Crippen molar-refractivity contribution >= 4 is 23.2 Å². The molecule has 0 aliphatic heterocycles. The van der Waals surface area contributed by atoms with Crippen LogP contribution in [0, 0.1) is 6.92 Å². The van der Waals surface area contributed by atoms with Crippen LogP contribution in [0.25, 0.3) is 11.1 Å². The molecule has 3 rings (SSSR count). The van der Waals surface area contributed by atoms with Gasteiger partial charge < -0.3 is 5.32 Å². The van der Waals surface area contributed by atoms with E-state index < -0.39 is 0 Å². The molecule has 0 saturated heterocycles. The van der Waals surface area contributed by atoms with Crippen LogP contribution in [0.2, 0.25) is 5.02 Å². The SMILES string of the molecule is Cc1ccc(-c2ccccc2NC(=O)c2ccccc2Cl)cc1. The number of rotatable bonds is 3. The van der Waals surface area contributed by atoms with Crippen molar-refractivity contribution in [3.8, 4) is 11.1 Å². The van der Waals surface area contributed by atoms with Crippen molar-refractivity contribution in [2.24, 2.45) is 0 Å². The Balaban J connectivity index is 1.94. The van der Waals surface area contributed by atoms with Crippen LogP contribution in [-0.2, 0) is 0 Å². The number of hydrogen-bond donors (Lipinski definition) is 1. The molecule has 0 saturated carbocycles. The predicted octanol–water partition coefficient (Wildman–Crippen LogP) is 5.57. The summed E-state index contributed by atoms with van der Waals surface area (Å²) in [5.74, 6) is -0.213. The maximum atomic E-state index is 12.5. The second kappa shape index (κ2) is 6.67. The number of nitrogens with one attached hydrogen (secondary N) is 1. The van der Waals surface area contributed by atoms with Gasteiger partial charge in [-0.1, -0.05) is 71.8 Å². The molecular weight excluding hydrogens is 306 g/mol. The first-order valence-electron chi connectivity index (χ1n) is 7.37. The zero-order valence-corrected chi connectivity index (χ0v) is 13.5. The van der Waals surface area contributed by atoms with Crippen LogP contribution in [0.5, 0.6) is 0 Å². The Hall–Kier alpha value is -2.58. The van der Waals surface area contributed by atoms with Crippen LogP contribution in [0.1, 0.15) is 15.9 Å². The quantitative estimate of drug-likeness (QED) is 0.671. The van der Waals surface area contributed by atoms with Gasteiger partial charge in [-0.15, -0.1) is 0 Å². The van der Waals surface area contributed by atoms with Crippen molar-refractivity contribution in [2.75, 3.05) is 5.32 Å². The number of hydrogen-bond acceptors (Lipinski definition) is 1. The molecule has 0 fully saturated rings. The van der Waals surface area contributed by atoms with Gasteiger partial charge in [-0.2, -0.15) is 0 Å². The molecule has 0 spiro atoms. The fraction of sp³-hybridized carbons (Fsp3) is 0.0500. The molecule has 1 amide bonds. The van der Waals surface area contributed by atoms with E-state index >= 15 is 0 Å². The first kappa shape index (κ1) is 15.3. The molecule has 0 aliphatic rings. The molecule has 3 aromatic rings. The third-order valence-electron chi connectivity index (χ3n) is 3.66. The van der Waals surface area contributed by atoms with Gasteiger partial charge in [-0.05, 0) is 30.7 Å². The summed E-state index contributed by atoms with van der Waals surface area (Å²) in [6.07, 6.45) is 0. The molecule has 3 aromatic carbocycles. The molecule has 1 N–H and O–H groups in total. The first-order chi connectivity index (χ1) is 11.1. The van der Waals surface area contributed by atoms with Crippen LogP contribution in [0.3, 0.4) is 0 Å². The lowest BCUT2D eigenvalue weighted by atomic mass is 10.0. The predicted molar refractivity (Wildman–Crippen MR) is 96.0 cm³/mol. The molecule has 0 aliphatic carbocycles. The molecule has 23 heavy (non-hydrogen) atoms. The molecule has 0 heterocycles. The van der Waals surface area contributed by atoms with E-state index in [1.54, 1.807) is 24.3 Å². The number of para-hydroxylation sites is 1. The van der Waals surface area contributed by atoms with E-state index in [9.17, 15) is 4.79 Å². The molecule has 0 atom stereocenters. The number of aryl methyl sites for hydroxylation is 1. The van der Waals surface area contributed by atoms with E-state index in [1.165, 1.54) is 5.56 Å². The summed E-state index contributed by atoms with van der Waals surface area (Å²) in [6, 6.07) is 23.0. The summed E-state index contributed by atoms with van der Waals surface area (Å²) >= 11 is 6.10. The van der Waals surface area contributed by atoms with Gasteiger partial charge in [0.05, 0.1) is 10.6 Å². The number of amides is 1. The summed E-state index contributed by atoms with van der Waals surface area (Å²) in [5.41, 5.74) is 4.47. The number of carbonyl (C=O) groups is 1. The topological polar surface area (TPSA) is 29.1 Å². The summed E-state index contributed by atoms with van der Waals surface area (Å²) < 4.78 is 0. The Morgan fingerprint density at radius 3 is 2.26 bits per heavy atom. The molecule has 0 unspecified atom stereocenters. The minimum atomic E-state index is -0.213. The van der Waals surface area contributed by atoms with Crippen molar-refractivity contribution in [1.29, 1.82) is 0 Å². The van der Waals surface area contributed by atoms with Gasteiger partial charge in [0.1, 0.15) is 0 Å². The Morgan fingerprint density at radius 2 is 1.52 bits per heavy atom. The zero-order chi connectivity index (χ0) is 16.2. The summed E-state index contributed by atoms with van der Waals surface area (Å²) in [6.45, 7) is 2.05. The standard InChI is InChI=1S/C20H16ClNO/c1-14-10-12-15(13-11-14)16-6-3-5-9-19(16)22-20(23)17-7-2-4-8-18(17)21/h2-13H,1H3,(H,22,23). The van der Waals surface area contributed by atoms with Crippen LogP contribution in [0.15, 0.2) is 72.8 Å². The van der Waals surface area contributed by atoms with Gasteiger partial charge in [-0.25, -0.2) is 0 Å². The minimum absolute atomic E-state index is 0.213. The lowest BCUT2D eigenvalue weighted by Crippen LogP contribution is -2.13. The van der Waals surface area contributed by atoms with Crippen LogP contribution < -0.4 is 5.32 Å². The maximum Gasteiger partial charge on any atom is 0.257 e. The van der Waals surface area contributed by atoms with E-state index in [2.05, 4.69) is 36.5 Å². The highest BCUT2D eigenvalue weighted by molar-refractivity contribution is 6.34. The fourth-order valence-corrected chi connectivity index (χ4v) is 2.63. The Labute approximate surface area is 140 Å². The van der Waals surface area contributed by atoms with E-state index in [4.69, 9.17) is 11.6 Å². The number of anilines is 1. The van der Waals surface area contributed by atoms with E-state index in [1.807, 2.05) is 24.3 Å². The van der Waals surface area contributed by atoms with Crippen molar-refractivity contribution in [1.82, 2.24) is 0 Å². The van der Waals surface area contributed by atoms with Gasteiger partial charge in [0.15, 0.2) is 0 Å². The third kappa shape index (κ3) is 3.43. The average Bonchev–Trinajstić information content (AvgIpc) is 2.56. The van der Waals surface area contributed by atoms with E-state index in [-0.39, 0.29) is 5.91 Å². The van der Waals surface area contributed by atoms with Crippen LogP contribution >= 0.6 is 11.6 Å². The minimum Gasteiger partial charge on any atom is -0.321 e. The van der Waals surface area contributed by atoms with E-state index in [0.717, 1.165) is 16.8 Å². The summed E-state index contributed by atoms with van der Waals surface area (Å²) in [5, 5.41) is 3.40. The van der Waals surface area contributed by atoms with Gasteiger partial charge in [-0.3, -0.25) is 4.79 Å². The molecule has 0 bridgehead atoms. The Kier molecular flexibility index (Phi) is 4.45. The highest BCUT2D eigenvalue weighted by Gasteiger charge is 2.12. The molecule has 0 radical (unpaired) electrons. The maximum absolute atomic E-state index is 12.5. The number of benzene rings is 3. The van der Waals surface area contributed by atoms with Crippen molar-refractivity contribution < 1.29 is 4.79 Å². The lowest BCUT2D eigenvalue weighted by molar-refractivity contribution is 0.102. The van der Waals surface area contributed by atoms with Gasteiger partial charge in [0.2, 0.25) is 0 Å². The fourth-order valence-electron chi connectivity index (χ4n) is 2.41. The summed E-state index contributed by atoms with van der Waals surface area (Å²) in [7, 11) is 0. The highest BCUT2D eigenvalue weighted by atomic mass is 35.5. The van der Waals surface area contributed by atoms with Gasteiger partial charge in [0, 0.05) is 11.3 Å². The lowest BCUT2D eigenvalue weighted by Gasteiger charge is -2.12. The molecular formula is C20H16ClNO. The summed E-state index contributed by atoms with van der Waals surface area (Å²) in [4.78, 5) is 12.5. The normalized spacial score (nSPS) is 10.3. The highest BCUT2D eigenvalue weighted by Crippen LogP contribution is 2.29. The number of halogens is 1. The molecule has 2 nitrogen and oxygen atoms in total. The number of carbonyl (C=O) groups excluding carboxylic acids is 1. The average molecular weight is 322 g/mol. The third-order valence-corrected chi connectivity index (χ3v) is 3.99.